The maximum absolute atomic E-state index is 13.3. The predicted octanol–water partition coefficient (Wildman–Crippen LogP) is 3.83. The van der Waals surface area contributed by atoms with E-state index in [1.165, 1.54) is 41.3 Å². The minimum atomic E-state index is -4.43. The Morgan fingerprint density at radius 1 is 1.13 bits per heavy atom. The molecule has 1 fully saturated rings. The Morgan fingerprint density at radius 3 is 2.48 bits per heavy atom. The van der Waals surface area contributed by atoms with Crippen molar-refractivity contribution in [3.8, 4) is 0 Å². The van der Waals surface area contributed by atoms with Crippen molar-refractivity contribution < 1.29 is 30.8 Å². The van der Waals surface area contributed by atoms with E-state index in [1.54, 1.807) is 0 Å². The van der Waals surface area contributed by atoms with Gasteiger partial charge < -0.3 is 4.90 Å². The molecular weight excluding hydrogens is 436 g/mol. The van der Waals surface area contributed by atoms with Gasteiger partial charge in [0.25, 0.3) is 0 Å². The van der Waals surface area contributed by atoms with Crippen LogP contribution in [0.3, 0.4) is 0 Å². The van der Waals surface area contributed by atoms with Crippen molar-refractivity contribution in [2.45, 2.75) is 30.0 Å². The Labute approximate surface area is 177 Å². The summed E-state index contributed by atoms with van der Waals surface area (Å²) in [5.74, 6) is -1.05. The van der Waals surface area contributed by atoms with Crippen molar-refractivity contribution >= 4 is 22.0 Å². The van der Waals surface area contributed by atoms with Crippen LogP contribution < -0.4 is 4.72 Å². The normalized spacial score (nSPS) is 17.8. The molecule has 2 aromatic carbocycles. The Morgan fingerprint density at radius 2 is 1.84 bits per heavy atom. The summed E-state index contributed by atoms with van der Waals surface area (Å²) >= 11 is 0. The predicted molar refractivity (Wildman–Crippen MR) is 107 cm³/mol. The topological polar surface area (TPSA) is 66.5 Å². The molecule has 1 aliphatic rings. The van der Waals surface area contributed by atoms with Crippen LogP contribution in [-0.2, 0) is 21.0 Å². The summed E-state index contributed by atoms with van der Waals surface area (Å²) < 4.78 is 78.6. The molecule has 1 heterocycles. The molecule has 10 heteroatoms. The van der Waals surface area contributed by atoms with E-state index in [9.17, 15) is 30.8 Å². The maximum atomic E-state index is 13.3. The van der Waals surface area contributed by atoms with E-state index >= 15 is 0 Å². The van der Waals surface area contributed by atoms with Crippen molar-refractivity contribution in [1.82, 2.24) is 9.62 Å². The molecule has 1 atom stereocenters. The fraction of sp³-hybridized carbons (Fsp3) is 0.286. The van der Waals surface area contributed by atoms with E-state index in [4.69, 9.17) is 0 Å². The minimum Gasteiger partial charge on any atom is -0.338 e. The standard InChI is InChI=1S/C21H20F4N2O3S/c22-17-3-1-5-19(13-17)31(29,30)26-18-4-2-12-27(14-18)20(28)11-8-15-6-9-16(10-7-15)21(23,24)25/h1,3,5-11,13,18,26H,2,4,12,14H2/b11-8+. The van der Waals surface area contributed by atoms with Crippen LogP contribution in [0, 0.1) is 5.82 Å². The second-order valence-electron chi connectivity index (χ2n) is 7.16. The average molecular weight is 456 g/mol. The summed E-state index contributed by atoms with van der Waals surface area (Å²) in [6.07, 6.45) is -0.702. The zero-order valence-corrected chi connectivity index (χ0v) is 17.1. The summed E-state index contributed by atoms with van der Waals surface area (Å²) in [5.41, 5.74) is -0.345. The number of likely N-dealkylation sites (tertiary alicyclic amines) is 1. The number of carbonyl (C=O) groups excluding carboxylic acids is 1. The molecule has 166 valence electrons. The van der Waals surface area contributed by atoms with Gasteiger partial charge >= 0.3 is 6.18 Å². The molecule has 1 N–H and O–H groups in total. The molecule has 1 saturated heterocycles. The summed E-state index contributed by atoms with van der Waals surface area (Å²) in [6, 6.07) is 8.49. The Bertz CT molecular complexity index is 1070. The van der Waals surface area contributed by atoms with Gasteiger partial charge in [-0.2, -0.15) is 13.2 Å². The van der Waals surface area contributed by atoms with E-state index in [2.05, 4.69) is 4.72 Å². The zero-order chi connectivity index (χ0) is 22.6. The van der Waals surface area contributed by atoms with E-state index in [0.29, 0.717) is 24.9 Å². The molecule has 5 nitrogen and oxygen atoms in total. The monoisotopic (exact) mass is 456 g/mol. The van der Waals surface area contributed by atoms with Crippen LogP contribution in [0.1, 0.15) is 24.0 Å². The molecule has 1 amide bonds. The first-order chi connectivity index (χ1) is 14.5. The average Bonchev–Trinajstić information content (AvgIpc) is 2.71. The van der Waals surface area contributed by atoms with Crippen molar-refractivity contribution in [3.63, 3.8) is 0 Å². The van der Waals surface area contributed by atoms with Gasteiger partial charge in [0, 0.05) is 25.2 Å². The van der Waals surface area contributed by atoms with Crippen molar-refractivity contribution in [2.75, 3.05) is 13.1 Å². The second kappa shape index (κ2) is 9.19. The second-order valence-corrected chi connectivity index (χ2v) is 8.87. The van der Waals surface area contributed by atoms with Crippen LogP contribution in [0.5, 0.6) is 0 Å². The number of amides is 1. The van der Waals surface area contributed by atoms with Crippen LogP contribution in [0.15, 0.2) is 59.5 Å². The number of piperidine rings is 1. The van der Waals surface area contributed by atoms with Gasteiger partial charge in [-0.3, -0.25) is 4.79 Å². The van der Waals surface area contributed by atoms with Gasteiger partial charge in [0.05, 0.1) is 10.5 Å². The fourth-order valence-corrected chi connectivity index (χ4v) is 4.54. The molecule has 0 radical (unpaired) electrons. The third-order valence-corrected chi connectivity index (χ3v) is 6.34. The van der Waals surface area contributed by atoms with E-state index < -0.39 is 33.6 Å². The molecule has 0 aromatic heterocycles. The first kappa shape index (κ1) is 23.0. The summed E-state index contributed by atoms with van der Waals surface area (Å²) in [7, 11) is -3.94. The highest BCUT2D eigenvalue weighted by atomic mass is 32.2. The van der Waals surface area contributed by atoms with Crippen molar-refractivity contribution in [2.24, 2.45) is 0 Å². The molecule has 0 spiro atoms. The van der Waals surface area contributed by atoms with Crippen LogP contribution in [0.2, 0.25) is 0 Å². The number of hydrogen-bond donors (Lipinski definition) is 1. The van der Waals surface area contributed by atoms with Crippen LogP contribution in [-0.4, -0.2) is 38.4 Å². The minimum absolute atomic E-state index is 0.130. The highest BCUT2D eigenvalue weighted by Gasteiger charge is 2.30. The lowest BCUT2D eigenvalue weighted by molar-refractivity contribution is -0.137. The summed E-state index contributed by atoms with van der Waals surface area (Å²) in [5, 5.41) is 0. The van der Waals surface area contributed by atoms with Gasteiger partial charge in [-0.05, 0) is 54.8 Å². The quantitative estimate of drug-likeness (QED) is 0.550. The van der Waals surface area contributed by atoms with Crippen molar-refractivity contribution in [1.29, 1.82) is 0 Å². The number of alkyl halides is 3. The van der Waals surface area contributed by atoms with Crippen LogP contribution >= 0.6 is 0 Å². The van der Waals surface area contributed by atoms with Gasteiger partial charge in [0.1, 0.15) is 5.82 Å². The van der Waals surface area contributed by atoms with Crippen LogP contribution in [0.4, 0.5) is 17.6 Å². The van der Waals surface area contributed by atoms with Crippen molar-refractivity contribution in [3.05, 3.63) is 71.6 Å². The van der Waals surface area contributed by atoms with Gasteiger partial charge in [-0.15, -0.1) is 0 Å². The maximum Gasteiger partial charge on any atom is 0.416 e. The van der Waals surface area contributed by atoms with Crippen LogP contribution in [0.25, 0.3) is 6.08 Å². The summed E-state index contributed by atoms with van der Waals surface area (Å²) in [6.45, 7) is 0.555. The number of rotatable bonds is 5. The number of nitrogens with one attached hydrogen (secondary N) is 1. The number of carbonyl (C=O) groups is 1. The molecule has 0 saturated carbocycles. The number of hydrogen-bond acceptors (Lipinski definition) is 3. The lowest BCUT2D eigenvalue weighted by Crippen LogP contribution is -2.49. The van der Waals surface area contributed by atoms with Gasteiger partial charge in [0.15, 0.2) is 0 Å². The highest BCUT2D eigenvalue weighted by molar-refractivity contribution is 7.89. The van der Waals surface area contributed by atoms with Gasteiger partial charge in [-0.1, -0.05) is 18.2 Å². The molecule has 31 heavy (non-hydrogen) atoms. The lowest BCUT2D eigenvalue weighted by atomic mass is 10.1. The van der Waals surface area contributed by atoms with E-state index in [1.807, 2.05) is 0 Å². The molecule has 2 aromatic rings. The van der Waals surface area contributed by atoms with Gasteiger partial charge in [-0.25, -0.2) is 17.5 Å². The Balaban J connectivity index is 1.62. The van der Waals surface area contributed by atoms with E-state index in [-0.39, 0.29) is 17.3 Å². The fourth-order valence-electron chi connectivity index (χ4n) is 3.25. The molecule has 1 aliphatic heterocycles. The zero-order valence-electron chi connectivity index (χ0n) is 16.3. The van der Waals surface area contributed by atoms with E-state index in [0.717, 1.165) is 24.3 Å². The number of halogens is 4. The number of nitrogens with zero attached hydrogens (tertiary/aromatic N) is 1. The third-order valence-electron chi connectivity index (χ3n) is 4.82. The first-order valence-corrected chi connectivity index (χ1v) is 10.9. The molecular formula is C21H20F4N2O3S. The molecule has 0 aliphatic carbocycles. The Kier molecular flexibility index (Phi) is 6.80. The third kappa shape index (κ3) is 6.14. The SMILES string of the molecule is O=C(/C=C/c1ccc(C(F)(F)F)cc1)N1CCCC(NS(=O)(=O)c2cccc(F)c2)C1. The first-order valence-electron chi connectivity index (χ1n) is 9.47. The lowest BCUT2D eigenvalue weighted by Gasteiger charge is -2.32. The molecule has 0 bridgehead atoms. The molecule has 3 rings (SSSR count). The highest BCUT2D eigenvalue weighted by Crippen LogP contribution is 2.29. The summed E-state index contributed by atoms with van der Waals surface area (Å²) in [4.78, 5) is 13.7. The largest absolute Gasteiger partial charge is 0.416 e. The van der Waals surface area contributed by atoms with Gasteiger partial charge in [0.2, 0.25) is 15.9 Å². The molecule has 1 unspecified atom stereocenters. The Hall–Kier alpha value is -2.72. The number of sulfonamides is 1. The smallest absolute Gasteiger partial charge is 0.338 e. The number of benzene rings is 2.